The van der Waals surface area contributed by atoms with Crippen LogP contribution in [0, 0.1) is 5.82 Å². The zero-order valence-corrected chi connectivity index (χ0v) is 21.3. The number of benzene rings is 1. The standard InChI is InChI=1S/C24H26FN5O2S.C2H6/c1-4-5-6-7-8-17(2)24(26)29-15-28-23(31)12-19(27-3)13-32-22-10-9-18(11-20(22)25)21-14-33-16-30-21;1-2/h5-12,14-16,27H,2,4,13H2,1,3H3,(H2,26,28,29,31);1-2H3/b6-5?,8-7-,19-12-;. The van der Waals surface area contributed by atoms with E-state index in [-0.39, 0.29) is 18.2 Å². The number of carbonyl (C=O) groups excluding carboxylic acids is 1. The lowest BCUT2D eigenvalue weighted by atomic mass is 10.1. The summed E-state index contributed by atoms with van der Waals surface area (Å²) in [4.78, 5) is 23.8. The van der Waals surface area contributed by atoms with Crippen molar-refractivity contribution in [3.63, 3.8) is 0 Å². The van der Waals surface area contributed by atoms with E-state index in [0.717, 1.165) is 12.8 Å². The van der Waals surface area contributed by atoms with Crippen molar-refractivity contribution in [1.29, 1.82) is 0 Å². The van der Waals surface area contributed by atoms with Crippen LogP contribution in [0.25, 0.3) is 11.3 Å². The van der Waals surface area contributed by atoms with Crippen LogP contribution < -0.4 is 15.8 Å². The summed E-state index contributed by atoms with van der Waals surface area (Å²) < 4.78 is 19.9. The minimum atomic E-state index is -0.578. The maximum atomic E-state index is 14.4. The molecule has 9 heteroatoms. The molecule has 0 unspecified atom stereocenters. The van der Waals surface area contributed by atoms with Crippen LogP contribution in [-0.4, -0.2) is 36.7 Å². The molecule has 0 aliphatic rings. The van der Waals surface area contributed by atoms with Crippen LogP contribution in [0.1, 0.15) is 27.2 Å². The maximum Gasteiger partial charge on any atom is 0.273 e. The van der Waals surface area contributed by atoms with Crippen molar-refractivity contribution in [1.82, 2.24) is 10.3 Å². The van der Waals surface area contributed by atoms with Crippen LogP contribution in [-0.2, 0) is 4.79 Å². The molecule has 7 nitrogen and oxygen atoms in total. The lowest BCUT2D eigenvalue weighted by Crippen LogP contribution is -2.16. The normalized spacial score (nSPS) is 12.1. The quantitative estimate of drug-likeness (QED) is 0.186. The van der Waals surface area contributed by atoms with Crippen LogP contribution in [0.5, 0.6) is 5.75 Å². The highest BCUT2D eigenvalue weighted by molar-refractivity contribution is 7.07. The second-order valence-electron chi connectivity index (χ2n) is 6.55. The molecular weight excluding hydrogens is 465 g/mol. The highest BCUT2D eigenvalue weighted by Gasteiger charge is 2.09. The second kappa shape index (κ2) is 16.7. The average molecular weight is 498 g/mol. The van der Waals surface area contributed by atoms with Crippen LogP contribution in [0.3, 0.4) is 0 Å². The molecule has 0 spiro atoms. The topological polar surface area (TPSA) is 102 Å². The van der Waals surface area contributed by atoms with E-state index in [0.29, 0.717) is 22.5 Å². The van der Waals surface area contributed by atoms with E-state index in [9.17, 15) is 9.18 Å². The molecule has 1 amide bonds. The van der Waals surface area contributed by atoms with Crippen molar-refractivity contribution in [3.8, 4) is 17.0 Å². The molecule has 1 aromatic carbocycles. The first-order valence-electron chi connectivity index (χ1n) is 11.1. The Kier molecular flexibility index (Phi) is 13.9. The Balaban J connectivity index is 0.00000298. The SMILES string of the molecule is C=C(/C=C\C=CCC)C(N)=NC=NC(=O)/C=C(/COc1ccc(-c2cscn2)cc1F)NC.CC. The van der Waals surface area contributed by atoms with Gasteiger partial charge >= 0.3 is 0 Å². The zero-order valence-electron chi connectivity index (χ0n) is 20.5. The monoisotopic (exact) mass is 497 g/mol. The van der Waals surface area contributed by atoms with E-state index in [2.05, 4.69) is 26.9 Å². The summed E-state index contributed by atoms with van der Waals surface area (Å²) >= 11 is 1.43. The molecule has 0 bridgehead atoms. The first-order valence-corrected chi connectivity index (χ1v) is 12.0. The molecule has 0 aliphatic heterocycles. The highest BCUT2D eigenvalue weighted by Crippen LogP contribution is 2.25. The molecule has 0 radical (unpaired) electrons. The number of halogens is 1. The third-order valence-electron chi connectivity index (χ3n) is 4.15. The number of aromatic nitrogens is 1. The molecular formula is C26H32FN5O2S. The number of hydrogen-bond acceptors (Lipinski definition) is 5. The fourth-order valence-electron chi connectivity index (χ4n) is 2.36. The Bertz CT molecular complexity index is 1100. The van der Waals surface area contributed by atoms with Crippen molar-refractivity contribution in [2.75, 3.05) is 13.7 Å². The minimum Gasteiger partial charge on any atom is -0.484 e. The lowest BCUT2D eigenvalue weighted by Gasteiger charge is -2.10. The fourth-order valence-corrected chi connectivity index (χ4v) is 2.92. The summed E-state index contributed by atoms with van der Waals surface area (Å²) in [5.41, 5.74) is 9.74. The van der Waals surface area contributed by atoms with Gasteiger partial charge in [-0.1, -0.05) is 51.7 Å². The highest BCUT2D eigenvalue weighted by atomic mass is 32.1. The second-order valence-corrected chi connectivity index (χ2v) is 7.26. The van der Waals surface area contributed by atoms with Gasteiger partial charge in [0, 0.05) is 29.6 Å². The van der Waals surface area contributed by atoms with E-state index in [1.165, 1.54) is 29.5 Å². The van der Waals surface area contributed by atoms with Gasteiger partial charge < -0.3 is 15.8 Å². The third-order valence-corrected chi connectivity index (χ3v) is 4.74. The Hall–Kier alpha value is -3.85. The number of carbonyl (C=O) groups is 1. The van der Waals surface area contributed by atoms with Gasteiger partial charge in [-0.25, -0.2) is 14.4 Å². The number of nitrogens with two attached hydrogens (primary N) is 1. The summed E-state index contributed by atoms with van der Waals surface area (Å²) in [6.45, 7) is 9.77. The molecule has 0 aliphatic carbocycles. The number of amides is 1. The number of nitrogens with zero attached hydrogens (tertiary/aromatic N) is 3. The Morgan fingerprint density at radius 3 is 2.74 bits per heavy atom. The number of nitrogens with one attached hydrogen (secondary N) is 1. The summed E-state index contributed by atoms with van der Waals surface area (Å²) in [5, 5.41) is 4.66. The summed E-state index contributed by atoms with van der Waals surface area (Å²) in [7, 11) is 1.62. The maximum absolute atomic E-state index is 14.4. The van der Waals surface area contributed by atoms with Gasteiger partial charge in [0.1, 0.15) is 18.8 Å². The van der Waals surface area contributed by atoms with E-state index in [1.807, 2.05) is 38.3 Å². The number of likely N-dealkylation sites (N-methyl/N-ethyl adjacent to an activating group) is 1. The van der Waals surface area contributed by atoms with Crippen molar-refractivity contribution in [3.05, 3.63) is 83.1 Å². The van der Waals surface area contributed by atoms with E-state index >= 15 is 0 Å². The van der Waals surface area contributed by atoms with Gasteiger partial charge in [-0.05, 0) is 24.6 Å². The number of aliphatic imine (C=N–C) groups is 2. The number of amidine groups is 1. The van der Waals surface area contributed by atoms with Crippen LogP contribution in [0.2, 0.25) is 0 Å². The van der Waals surface area contributed by atoms with Gasteiger partial charge in [-0.3, -0.25) is 4.79 Å². The number of ether oxygens (including phenoxy) is 1. The Morgan fingerprint density at radius 2 is 2.11 bits per heavy atom. The van der Waals surface area contributed by atoms with E-state index < -0.39 is 11.7 Å². The van der Waals surface area contributed by atoms with Crippen LogP contribution in [0.4, 0.5) is 4.39 Å². The van der Waals surface area contributed by atoms with Gasteiger partial charge in [0.15, 0.2) is 11.6 Å². The molecule has 3 N–H and O–H groups in total. The van der Waals surface area contributed by atoms with Gasteiger partial charge in [-0.15, -0.1) is 11.3 Å². The average Bonchev–Trinajstić information content (AvgIpc) is 3.41. The number of hydrogen-bond donors (Lipinski definition) is 2. The van der Waals surface area contributed by atoms with Crippen molar-refractivity contribution < 1.29 is 13.9 Å². The number of allylic oxidation sites excluding steroid dienone is 3. The molecule has 0 fully saturated rings. The molecule has 35 heavy (non-hydrogen) atoms. The molecule has 0 saturated carbocycles. The lowest BCUT2D eigenvalue weighted by molar-refractivity contribution is -0.113. The summed E-state index contributed by atoms with van der Waals surface area (Å²) in [5.74, 6) is -0.898. The Labute approximate surface area is 210 Å². The van der Waals surface area contributed by atoms with E-state index in [4.69, 9.17) is 10.5 Å². The van der Waals surface area contributed by atoms with Crippen LogP contribution >= 0.6 is 11.3 Å². The van der Waals surface area contributed by atoms with Crippen molar-refractivity contribution in [2.24, 2.45) is 15.7 Å². The minimum absolute atomic E-state index is 0.0526. The predicted octanol–water partition coefficient (Wildman–Crippen LogP) is 5.45. The molecule has 2 aromatic rings. The summed E-state index contributed by atoms with van der Waals surface area (Å²) in [6.07, 6.45) is 10.6. The van der Waals surface area contributed by atoms with Gasteiger partial charge in [0.2, 0.25) is 0 Å². The van der Waals surface area contributed by atoms with Crippen LogP contribution in [0.15, 0.2) is 87.3 Å². The van der Waals surface area contributed by atoms with Gasteiger partial charge in [-0.2, -0.15) is 4.99 Å². The predicted molar refractivity (Wildman–Crippen MR) is 144 cm³/mol. The van der Waals surface area contributed by atoms with Gasteiger partial charge in [0.25, 0.3) is 5.91 Å². The first kappa shape index (κ1) is 29.2. The number of thiazole rings is 1. The van der Waals surface area contributed by atoms with Crippen molar-refractivity contribution >= 4 is 29.4 Å². The largest absolute Gasteiger partial charge is 0.484 e. The summed E-state index contributed by atoms with van der Waals surface area (Å²) in [6, 6.07) is 4.60. The molecule has 2 rings (SSSR count). The smallest absolute Gasteiger partial charge is 0.273 e. The molecule has 186 valence electrons. The van der Waals surface area contributed by atoms with Gasteiger partial charge in [0.05, 0.1) is 16.9 Å². The molecule has 1 heterocycles. The molecule has 0 saturated heterocycles. The third kappa shape index (κ3) is 10.7. The number of rotatable bonds is 11. The zero-order chi connectivity index (χ0) is 26.1. The van der Waals surface area contributed by atoms with E-state index in [1.54, 1.807) is 30.8 Å². The van der Waals surface area contributed by atoms with Crippen molar-refractivity contribution in [2.45, 2.75) is 27.2 Å². The first-order chi connectivity index (χ1) is 16.9. The fraction of sp³-hybridized carbons (Fsp3) is 0.231. The molecule has 0 atom stereocenters. The molecule has 1 aromatic heterocycles. The Morgan fingerprint density at radius 1 is 1.34 bits per heavy atom.